The van der Waals surface area contributed by atoms with Gasteiger partial charge in [0.05, 0.1) is 33.7 Å². The van der Waals surface area contributed by atoms with Gasteiger partial charge in [-0.15, -0.1) is 11.3 Å². The summed E-state index contributed by atoms with van der Waals surface area (Å²) in [5, 5.41) is 14.3. The largest absolute Gasteiger partial charge is 0.480 e. The van der Waals surface area contributed by atoms with Gasteiger partial charge in [-0.1, -0.05) is 30.3 Å². The van der Waals surface area contributed by atoms with Crippen molar-refractivity contribution < 1.29 is 22.8 Å². The molecule has 0 spiro atoms. The van der Waals surface area contributed by atoms with Crippen LogP contribution in [0.5, 0.6) is 5.75 Å². The van der Waals surface area contributed by atoms with Gasteiger partial charge in [-0.25, -0.2) is 13.4 Å². The first kappa shape index (κ1) is 22.3. The maximum atomic E-state index is 12.8. The predicted molar refractivity (Wildman–Crippen MR) is 118 cm³/mol. The van der Waals surface area contributed by atoms with Crippen molar-refractivity contribution in [3.8, 4) is 5.75 Å². The Morgan fingerprint density at radius 3 is 2.62 bits per heavy atom. The van der Waals surface area contributed by atoms with Gasteiger partial charge in [0.2, 0.25) is 10.0 Å². The average molecular weight is 476 g/mol. The molecule has 1 aliphatic heterocycles. The SMILES string of the molecule is O=[N+]([O-])c1cc(S(=O)(=O)N2CCOCC2)ccc1OCc1csc(Cc2ccccc2)n1. The normalized spacial score (nSPS) is 14.9. The van der Waals surface area contributed by atoms with Gasteiger partial charge < -0.3 is 9.47 Å². The molecular formula is C21H21N3O6S2. The molecule has 0 bridgehead atoms. The fourth-order valence-corrected chi connectivity index (χ4v) is 5.52. The second-order valence-electron chi connectivity index (χ2n) is 7.09. The van der Waals surface area contributed by atoms with Crippen LogP contribution in [-0.2, 0) is 27.8 Å². The van der Waals surface area contributed by atoms with Gasteiger partial charge in [-0.2, -0.15) is 4.31 Å². The van der Waals surface area contributed by atoms with Crippen LogP contribution in [0.1, 0.15) is 16.3 Å². The summed E-state index contributed by atoms with van der Waals surface area (Å²) in [6.07, 6.45) is 0.694. The average Bonchev–Trinajstić information content (AvgIpc) is 3.26. The number of benzene rings is 2. The molecule has 32 heavy (non-hydrogen) atoms. The Bertz CT molecular complexity index is 1190. The molecule has 0 radical (unpaired) electrons. The topological polar surface area (TPSA) is 112 Å². The van der Waals surface area contributed by atoms with Crippen molar-refractivity contribution in [2.24, 2.45) is 0 Å². The highest BCUT2D eigenvalue weighted by Crippen LogP contribution is 2.32. The number of ether oxygens (including phenoxy) is 2. The van der Waals surface area contributed by atoms with Crippen LogP contribution in [0.3, 0.4) is 0 Å². The molecule has 1 aliphatic rings. The Hall–Kier alpha value is -2.86. The quantitative estimate of drug-likeness (QED) is 0.363. The van der Waals surface area contributed by atoms with Crippen molar-refractivity contribution in [3.63, 3.8) is 0 Å². The Labute approximate surface area is 189 Å². The Morgan fingerprint density at radius 2 is 1.91 bits per heavy atom. The smallest absolute Gasteiger partial charge is 0.312 e. The minimum Gasteiger partial charge on any atom is -0.480 e. The second-order valence-corrected chi connectivity index (χ2v) is 9.97. The van der Waals surface area contributed by atoms with E-state index in [2.05, 4.69) is 4.98 Å². The summed E-state index contributed by atoms with van der Waals surface area (Å²) in [5.74, 6) is -0.00598. The van der Waals surface area contributed by atoms with Gasteiger partial charge in [0.25, 0.3) is 0 Å². The van der Waals surface area contributed by atoms with Crippen LogP contribution in [0.4, 0.5) is 5.69 Å². The van der Waals surface area contributed by atoms with Crippen LogP contribution in [0, 0.1) is 10.1 Å². The molecular weight excluding hydrogens is 454 g/mol. The molecule has 9 nitrogen and oxygen atoms in total. The van der Waals surface area contributed by atoms with E-state index in [9.17, 15) is 18.5 Å². The molecule has 168 valence electrons. The first-order chi connectivity index (χ1) is 15.4. The number of thiazole rings is 1. The van der Waals surface area contributed by atoms with Crippen molar-refractivity contribution in [1.29, 1.82) is 0 Å². The lowest BCUT2D eigenvalue weighted by Crippen LogP contribution is -2.40. The van der Waals surface area contributed by atoms with Gasteiger partial charge in [0, 0.05) is 31.0 Å². The molecule has 1 fully saturated rings. The number of nitro benzene ring substituents is 1. The van der Waals surface area contributed by atoms with E-state index in [1.54, 1.807) is 0 Å². The zero-order chi connectivity index (χ0) is 22.6. The number of morpholine rings is 1. The monoisotopic (exact) mass is 475 g/mol. The van der Waals surface area contributed by atoms with Crippen LogP contribution in [-0.4, -0.2) is 48.9 Å². The molecule has 0 N–H and O–H groups in total. The minimum absolute atomic E-state index is 0.00598. The minimum atomic E-state index is -3.85. The van der Waals surface area contributed by atoms with E-state index >= 15 is 0 Å². The molecule has 0 unspecified atom stereocenters. The summed E-state index contributed by atoms with van der Waals surface area (Å²) in [6, 6.07) is 13.6. The van der Waals surface area contributed by atoms with Gasteiger partial charge >= 0.3 is 5.69 Å². The number of rotatable bonds is 8. The first-order valence-electron chi connectivity index (χ1n) is 9.90. The third-order valence-electron chi connectivity index (χ3n) is 4.91. The van der Waals surface area contributed by atoms with Crippen molar-refractivity contribution in [3.05, 3.63) is 80.3 Å². The third-order valence-corrected chi connectivity index (χ3v) is 7.70. The molecule has 11 heteroatoms. The van der Waals surface area contributed by atoms with Gasteiger partial charge in [-0.05, 0) is 17.7 Å². The molecule has 2 aromatic carbocycles. The number of sulfonamides is 1. The molecule has 0 aliphatic carbocycles. The van der Waals surface area contributed by atoms with E-state index in [1.165, 1.54) is 27.8 Å². The summed E-state index contributed by atoms with van der Waals surface area (Å²) < 4.78 is 37.7. The van der Waals surface area contributed by atoms with Gasteiger partial charge in [0.1, 0.15) is 6.61 Å². The highest BCUT2D eigenvalue weighted by Gasteiger charge is 2.29. The predicted octanol–water partition coefficient (Wildman–Crippen LogP) is 3.24. The maximum absolute atomic E-state index is 12.8. The van der Waals surface area contributed by atoms with Crippen LogP contribution in [0.15, 0.2) is 58.8 Å². The number of aromatic nitrogens is 1. The highest BCUT2D eigenvalue weighted by atomic mass is 32.2. The van der Waals surface area contributed by atoms with Gasteiger partial charge in [0.15, 0.2) is 5.75 Å². The zero-order valence-electron chi connectivity index (χ0n) is 17.0. The molecule has 1 aromatic heterocycles. The first-order valence-corrected chi connectivity index (χ1v) is 12.2. The Kier molecular flexibility index (Phi) is 6.80. The van der Waals surface area contributed by atoms with E-state index in [-0.39, 0.29) is 30.3 Å². The third kappa shape index (κ3) is 5.13. The summed E-state index contributed by atoms with van der Waals surface area (Å²) in [4.78, 5) is 15.3. The van der Waals surface area contributed by atoms with E-state index in [0.717, 1.165) is 16.6 Å². The lowest BCUT2D eigenvalue weighted by atomic mass is 10.2. The number of nitro groups is 1. The van der Waals surface area contributed by atoms with Crippen LogP contribution in [0.25, 0.3) is 0 Å². The molecule has 1 saturated heterocycles. The molecule has 0 saturated carbocycles. The molecule has 0 atom stereocenters. The number of hydrogen-bond acceptors (Lipinski definition) is 8. The van der Waals surface area contributed by atoms with E-state index < -0.39 is 20.6 Å². The fraction of sp³-hybridized carbons (Fsp3) is 0.286. The highest BCUT2D eigenvalue weighted by molar-refractivity contribution is 7.89. The molecule has 2 heterocycles. The zero-order valence-corrected chi connectivity index (χ0v) is 18.7. The van der Waals surface area contributed by atoms with E-state index in [1.807, 2.05) is 35.7 Å². The molecule has 4 rings (SSSR count). The molecule has 0 amide bonds. The number of hydrogen-bond donors (Lipinski definition) is 0. The lowest BCUT2D eigenvalue weighted by Gasteiger charge is -2.26. The summed E-state index contributed by atoms with van der Waals surface area (Å²) in [5.41, 5.74) is 1.39. The Balaban J connectivity index is 1.47. The van der Waals surface area contributed by atoms with Crippen molar-refractivity contribution in [2.75, 3.05) is 26.3 Å². The van der Waals surface area contributed by atoms with Crippen LogP contribution < -0.4 is 4.74 Å². The fourth-order valence-electron chi connectivity index (χ4n) is 3.28. The Morgan fingerprint density at radius 1 is 1.16 bits per heavy atom. The summed E-state index contributed by atoms with van der Waals surface area (Å²) in [7, 11) is -3.85. The standard InChI is InChI=1S/C21H21N3O6S2/c25-24(26)19-13-18(32(27,28)23-8-10-29-11-9-23)6-7-20(19)30-14-17-15-31-21(22-17)12-16-4-2-1-3-5-16/h1-7,13,15H,8-12,14H2. The second kappa shape index (κ2) is 9.74. The van der Waals surface area contributed by atoms with E-state index in [4.69, 9.17) is 9.47 Å². The number of nitrogens with zero attached hydrogens (tertiary/aromatic N) is 3. The molecule has 3 aromatic rings. The lowest BCUT2D eigenvalue weighted by molar-refractivity contribution is -0.386. The van der Waals surface area contributed by atoms with Crippen molar-refractivity contribution >= 4 is 27.0 Å². The van der Waals surface area contributed by atoms with Crippen molar-refractivity contribution in [1.82, 2.24) is 9.29 Å². The van der Waals surface area contributed by atoms with Crippen LogP contribution >= 0.6 is 11.3 Å². The van der Waals surface area contributed by atoms with E-state index in [0.29, 0.717) is 25.3 Å². The summed E-state index contributed by atoms with van der Waals surface area (Å²) >= 11 is 1.49. The maximum Gasteiger partial charge on any atom is 0.312 e. The summed E-state index contributed by atoms with van der Waals surface area (Å²) in [6.45, 7) is 1.06. The van der Waals surface area contributed by atoms with Crippen LogP contribution in [0.2, 0.25) is 0 Å². The van der Waals surface area contributed by atoms with Gasteiger partial charge in [-0.3, -0.25) is 10.1 Å². The van der Waals surface area contributed by atoms with Crippen molar-refractivity contribution in [2.45, 2.75) is 17.9 Å².